The minimum Gasteiger partial charge on any atom is -0.383 e. The molecule has 0 radical (unpaired) electrons. The largest absolute Gasteiger partial charge is 0.383 e. The van der Waals surface area contributed by atoms with Crippen molar-refractivity contribution in [3.8, 4) is 0 Å². The maximum absolute atomic E-state index is 5.04. The third-order valence-electron chi connectivity index (χ3n) is 3.32. The number of aromatic nitrogens is 1. The molecule has 0 aromatic carbocycles. The molecule has 1 fully saturated rings. The summed E-state index contributed by atoms with van der Waals surface area (Å²) in [5.41, 5.74) is 1.29. The van der Waals surface area contributed by atoms with Gasteiger partial charge in [-0.05, 0) is 25.3 Å². The molecule has 0 spiro atoms. The number of methoxy groups -OCH3 is 1. The Morgan fingerprint density at radius 3 is 2.94 bits per heavy atom. The van der Waals surface area contributed by atoms with E-state index >= 15 is 0 Å². The van der Waals surface area contributed by atoms with Crippen molar-refractivity contribution in [2.75, 3.05) is 38.3 Å². The highest BCUT2D eigenvalue weighted by molar-refractivity contribution is 5.46. The zero-order chi connectivity index (χ0) is 12.6. The number of ether oxygens (including phenoxy) is 1. The first-order valence-electron chi connectivity index (χ1n) is 6.80. The minimum absolute atomic E-state index is 0.749. The van der Waals surface area contributed by atoms with Crippen molar-refractivity contribution in [2.45, 2.75) is 25.8 Å². The summed E-state index contributed by atoms with van der Waals surface area (Å²) in [5, 5.41) is 3.39. The first-order chi connectivity index (χ1) is 8.92. The standard InChI is InChI=1S/C14H23N3O/c1-18-11-8-15-12-13-6-5-7-16-14(13)17-9-3-2-4-10-17/h5-7,15H,2-4,8-12H2,1H3. The Bertz CT molecular complexity index is 351. The summed E-state index contributed by atoms with van der Waals surface area (Å²) in [6.07, 6.45) is 5.81. The lowest BCUT2D eigenvalue weighted by atomic mass is 10.1. The molecule has 2 heterocycles. The quantitative estimate of drug-likeness (QED) is 0.780. The van der Waals surface area contributed by atoms with Gasteiger partial charge in [0.1, 0.15) is 5.82 Å². The molecule has 18 heavy (non-hydrogen) atoms. The topological polar surface area (TPSA) is 37.4 Å². The molecular formula is C14H23N3O. The normalized spacial score (nSPS) is 15.9. The van der Waals surface area contributed by atoms with Gasteiger partial charge in [0.15, 0.2) is 0 Å². The van der Waals surface area contributed by atoms with E-state index in [1.165, 1.54) is 24.8 Å². The number of nitrogens with one attached hydrogen (secondary N) is 1. The molecule has 0 bridgehead atoms. The van der Waals surface area contributed by atoms with Crippen LogP contribution in [0.4, 0.5) is 5.82 Å². The number of anilines is 1. The van der Waals surface area contributed by atoms with Gasteiger partial charge in [0.2, 0.25) is 0 Å². The summed E-state index contributed by atoms with van der Waals surface area (Å²) in [5.74, 6) is 1.15. The van der Waals surface area contributed by atoms with Gasteiger partial charge in [-0.15, -0.1) is 0 Å². The molecule has 1 N–H and O–H groups in total. The number of hydrogen-bond acceptors (Lipinski definition) is 4. The molecule has 1 aromatic rings. The second-order valence-electron chi connectivity index (χ2n) is 4.70. The van der Waals surface area contributed by atoms with Crippen molar-refractivity contribution in [3.05, 3.63) is 23.9 Å². The Hall–Kier alpha value is -1.13. The highest BCUT2D eigenvalue weighted by Crippen LogP contribution is 2.21. The summed E-state index contributed by atoms with van der Waals surface area (Å²) in [4.78, 5) is 6.97. The number of hydrogen-bond donors (Lipinski definition) is 1. The Balaban J connectivity index is 1.96. The second kappa shape index (κ2) is 7.34. The van der Waals surface area contributed by atoms with Crippen LogP contribution in [-0.2, 0) is 11.3 Å². The van der Waals surface area contributed by atoms with Gasteiger partial charge in [0, 0.05) is 45.0 Å². The van der Waals surface area contributed by atoms with Crippen LogP contribution in [0.3, 0.4) is 0 Å². The summed E-state index contributed by atoms with van der Waals surface area (Å²) < 4.78 is 5.04. The lowest BCUT2D eigenvalue weighted by Gasteiger charge is -2.29. The highest BCUT2D eigenvalue weighted by atomic mass is 16.5. The van der Waals surface area contributed by atoms with Gasteiger partial charge in [-0.2, -0.15) is 0 Å². The Morgan fingerprint density at radius 2 is 2.17 bits per heavy atom. The third kappa shape index (κ3) is 3.68. The van der Waals surface area contributed by atoms with Crippen LogP contribution in [0, 0.1) is 0 Å². The molecule has 1 aromatic heterocycles. The molecule has 4 nitrogen and oxygen atoms in total. The summed E-state index contributed by atoms with van der Waals surface area (Å²) in [7, 11) is 1.73. The van der Waals surface area contributed by atoms with E-state index in [2.05, 4.69) is 21.3 Å². The van der Waals surface area contributed by atoms with E-state index in [-0.39, 0.29) is 0 Å². The zero-order valence-corrected chi connectivity index (χ0v) is 11.2. The summed E-state index contributed by atoms with van der Waals surface area (Å²) >= 11 is 0. The number of rotatable bonds is 6. The van der Waals surface area contributed by atoms with Crippen LogP contribution in [-0.4, -0.2) is 38.3 Å². The maximum Gasteiger partial charge on any atom is 0.133 e. The van der Waals surface area contributed by atoms with E-state index in [1.54, 1.807) is 7.11 Å². The Kier molecular flexibility index (Phi) is 5.42. The maximum atomic E-state index is 5.04. The molecule has 1 aliphatic rings. The van der Waals surface area contributed by atoms with Gasteiger partial charge >= 0.3 is 0 Å². The fourth-order valence-corrected chi connectivity index (χ4v) is 2.36. The molecular weight excluding hydrogens is 226 g/mol. The van der Waals surface area contributed by atoms with Gasteiger partial charge < -0.3 is 15.0 Å². The van der Waals surface area contributed by atoms with Crippen LogP contribution in [0.2, 0.25) is 0 Å². The molecule has 0 aliphatic carbocycles. The second-order valence-corrected chi connectivity index (χ2v) is 4.70. The van der Waals surface area contributed by atoms with Crippen LogP contribution in [0.25, 0.3) is 0 Å². The average Bonchev–Trinajstić information content (AvgIpc) is 2.45. The Morgan fingerprint density at radius 1 is 1.33 bits per heavy atom. The van der Waals surface area contributed by atoms with Crippen molar-refractivity contribution >= 4 is 5.82 Å². The van der Waals surface area contributed by atoms with Gasteiger partial charge in [0.05, 0.1) is 6.61 Å². The first-order valence-corrected chi connectivity index (χ1v) is 6.80. The summed E-state index contributed by atoms with van der Waals surface area (Å²) in [6, 6.07) is 4.18. The zero-order valence-electron chi connectivity index (χ0n) is 11.2. The molecule has 1 saturated heterocycles. The number of nitrogens with zero attached hydrogens (tertiary/aromatic N) is 2. The SMILES string of the molecule is COCCNCc1cccnc1N1CCCCC1. The molecule has 0 amide bonds. The lowest BCUT2D eigenvalue weighted by Crippen LogP contribution is -2.31. The summed E-state index contributed by atoms with van der Waals surface area (Å²) in [6.45, 7) is 4.78. The van der Waals surface area contributed by atoms with E-state index in [0.29, 0.717) is 0 Å². The van der Waals surface area contributed by atoms with Crippen molar-refractivity contribution in [2.24, 2.45) is 0 Å². The average molecular weight is 249 g/mol. The van der Waals surface area contributed by atoms with Crippen LogP contribution in [0.5, 0.6) is 0 Å². The van der Waals surface area contributed by atoms with Gasteiger partial charge in [-0.25, -0.2) is 4.98 Å². The van der Waals surface area contributed by atoms with Crippen molar-refractivity contribution in [3.63, 3.8) is 0 Å². The fourth-order valence-electron chi connectivity index (χ4n) is 2.36. The van der Waals surface area contributed by atoms with Crippen LogP contribution >= 0.6 is 0 Å². The molecule has 0 atom stereocenters. The smallest absolute Gasteiger partial charge is 0.133 e. The van der Waals surface area contributed by atoms with Crippen molar-refractivity contribution in [1.82, 2.24) is 10.3 Å². The Labute approximate surface area is 109 Å². The predicted octanol–water partition coefficient (Wildman–Crippen LogP) is 1.81. The molecule has 4 heteroatoms. The molecule has 2 rings (SSSR count). The molecule has 0 unspecified atom stereocenters. The van der Waals surface area contributed by atoms with E-state index in [9.17, 15) is 0 Å². The highest BCUT2D eigenvalue weighted by Gasteiger charge is 2.14. The van der Waals surface area contributed by atoms with E-state index in [0.717, 1.165) is 38.6 Å². The van der Waals surface area contributed by atoms with E-state index < -0.39 is 0 Å². The van der Waals surface area contributed by atoms with Crippen LogP contribution < -0.4 is 10.2 Å². The van der Waals surface area contributed by atoms with Gasteiger partial charge in [0.25, 0.3) is 0 Å². The van der Waals surface area contributed by atoms with Crippen molar-refractivity contribution in [1.29, 1.82) is 0 Å². The number of piperidine rings is 1. The van der Waals surface area contributed by atoms with Gasteiger partial charge in [-0.1, -0.05) is 6.07 Å². The number of pyridine rings is 1. The first kappa shape index (κ1) is 13.3. The predicted molar refractivity (Wildman–Crippen MR) is 73.9 cm³/mol. The molecule has 0 saturated carbocycles. The van der Waals surface area contributed by atoms with Crippen molar-refractivity contribution < 1.29 is 4.74 Å². The van der Waals surface area contributed by atoms with Gasteiger partial charge in [-0.3, -0.25) is 0 Å². The molecule has 100 valence electrons. The fraction of sp³-hybridized carbons (Fsp3) is 0.643. The minimum atomic E-state index is 0.749. The van der Waals surface area contributed by atoms with E-state index in [4.69, 9.17) is 4.74 Å². The van der Waals surface area contributed by atoms with Crippen LogP contribution in [0.1, 0.15) is 24.8 Å². The lowest BCUT2D eigenvalue weighted by molar-refractivity contribution is 0.199. The molecule has 1 aliphatic heterocycles. The third-order valence-corrected chi connectivity index (χ3v) is 3.32. The monoisotopic (exact) mass is 249 g/mol. The van der Waals surface area contributed by atoms with Crippen LogP contribution in [0.15, 0.2) is 18.3 Å². The van der Waals surface area contributed by atoms with E-state index in [1.807, 2.05) is 12.3 Å².